The first-order valence-corrected chi connectivity index (χ1v) is 10.7. The highest BCUT2D eigenvalue weighted by atomic mass is 19.1. The van der Waals surface area contributed by atoms with Gasteiger partial charge in [0.1, 0.15) is 5.82 Å². The fraction of sp³-hybridized carbons (Fsp3) is 0.591. The summed E-state index contributed by atoms with van der Waals surface area (Å²) in [6.45, 7) is 4.16. The molecule has 0 bridgehead atoms. The number of amides is 1. The number of halogens is 1. The highest BCUT2D eigenvalue weighted by Crippen LogP contribution is 2.26. The molecule has 0 aliphatic carbocycles. The molecule has 1 aromatic carbocycles. The molecule has 1 atom stereocenters. The van der Waals surface area contributed by atoms with Crippen LogP contribution in [0.2, 0.25) is 0 Å². The van der Waals surface area contributed by atoms with Crippen molar-refractivity contribution in [3.8, 4) is 0 Å². The molecule has 2 fully saturated rings. The van der Waals surface area contributed by atoms with E-state index in [2.05, 4.69) is 10.1 Å². The zero-order valence-corrected chi connectivity index (χ0v) is 17.1. The fourth-order valence-corrected chi connectivity index (χ4v) is 3.98. The van der Waals surface area contributed by atoms with Crippen molar-refractivity contribution in [2.24, 2.45) is 5.92 Å². The molecule has 0 spiro atoms. The van der Waals surface area contributed by atoms with Crippen LogP contribution in [-0.4, -0.2) is 60.5 Å². The molecule has 1 unspecified atom stereocenters. The third-order valence-corrected chi connectivity index (χ3v) is 5.78. The highest BCUT2D eigenvalue weighted by Gasteiger charge is 2.31. The molecule has 2 aliphatic heterocycles. The molecule has 0 N–H and O–H groups in total. The standard InChI is InChI=1S/C22H28FN3O4/c23-19-3-1-2-17(12-19)13-21(27)26-8-4-18(14-26)22-24-20(25-30-22)7-11-29-15-16-5-9-28-10-6-16/h1-3,12,16,18H,4-11,13-15H2. The molecule has 1 amide bonds. The van der Waals surface area contributed by atoms with Crippen LogP contribution < -0.4 is 0 Å². The van der Waals surface area contributed by atoms with Crippen LogP contribution in [0.25, 0.3) is 0 Å². The average Bonchev–Trinajstić information content (AvgIpc) is 3.42. The quantitative estimate of drug-likeness (QED) is 0.615. The summed E-state index contributed by atoms with van der Waals surface area (Å²) >= 11 is 0. The predicted octanol–water partition coefficient (Wildman–Crippen LogP) is 2.75. The molecular weight excluding hydrogens is 389 g/mol. The topological polar surface area (TPSA) is 77.7 Å². The average molecular weight is 417 g/mol. The summed E-state index contributed by atoms with van der Waals surface area (Å²) in [5.41, 5.74) is 0.685. The van der Waals surface area contributed by atoms with Crippen LogP contribution >= 0.6 is 0 Å². The smallest absolute Gasteiger partial charge is 0.231 e. The third kappa shape index (κ3) is 5.64. The third-order valence-electron chi connectivity index (χ3n) is 5.78. The Balaban J connectivity index is 1.20. The van der Waals surface area contributed by atoms with Gasteiger partial charge in [0.2, 0.25) is 11.8 Å². The lowest BCUT2D eigenvalue weighted by molar-refractivity contribution is -0.129. The molecule has 162 valence electrons. The molecule has 2 aliphatic rings. The number of ether oxygens (including phenoxy) is 2. The monoisotopic (exact) mass is 417 g/mol. The molecule has 1 aromatic heterocycles. The van der Waals surface area contributed by atoms with Crippen LogP contribution in [-0.2, 0) is 27.1 Å². The van der Waals surface area contributed by atoms with E-state index in [0.29, 0.717) is 49.3 Å². The lowest BCUT2D eigenvalue weighted by Crippen LogP contribution is -2.29. The van der Waals surface area contributed by atoms with E-state index in [1.807, 2.05) is 0 Å². The van der Waals surface area contributed by atoms with Crippen molar-refractivity contribution in [1.29, 1.82) is 0 Å². The van der Waals surface area contributed by atoms with E-state index in [0.717, 1.165) is 39.1 Å². The van der Waals surface area contributed by atoms with Crippen molar-refractivity contribution < 1.29 is 23.2 Å². The van der Waals surface area contributed by atoms with Gasteiger partial charge in [0, 0.05) is 39.3 Å². The van der Waals surface area contributed by atoms with E-state index in [1.54, 1.807) is 17.0 Å². The number of hydrogen-bond donors (Lipinski definition) is 0. The first-order valence-electron chi connectivity index (χ1n) is 10.7. The van der Waals surface area contributed by atoms with Crippen LogP contribution in [0.5, 0.6) is 0 Å². The molecule has 0 radical (unpaired) electrons. The zero-order valence-electron chi connectivity index (χ0n) is 17.1. The number of aromatic nitrogens is 2. The summed E-state index contributed by atoms with van der Waals surface area (Å²) < 4.78 is 29.9. The van der Waals surface area contributed by atoms with Gasteiger partial charge in [-0.3, -0.25) is 4.79 Å². The normalized spacial score (nSPS) is 20.0. The summed E-state index contributed by atoms with van der Waals surface area (Å²) in [7, 11) is 0. The van der Waals surface area contributed by atoms with Gasteiger partial charge in [0.05, 0.1) is 18.9 Å². The SMILES string of the molecule is O=C(Cc1cccc(F)c1)N1CCC(c2nc(CCOCC3CCOCC3)no2)C1. The Morgan fingerprint density at radius 3 is 2.97 bits per heavy atom. The van der Waals surface area contributed by atoms with E-state index in [1.165, 1.54) is 12.1 Å². The molecular formula is C22H28FN3O4. The summed E-state index contributed by atoms with van der Waals surface area (Å²) in [4.78, 5) is 18.8. The number of likely N-dealkylation sites (tertiary alicyclic amines) is 1. The highest BCUT2D eigenvalue weighted by molar-refractivity contribution is 5.79. The summed E-state index contributed by atoms with van der Waals surface area (Å²) in [5, 5.41) is 4.06. The molecule has 2 saturated heterocycles. The van der Waals surface area contributed by atoms with Gasteiger partial charge in [0.25, 0.3) is 0 Å². The van der Waals surface area contributed by atoms with Gasteiger partial charge < -0.3 is 18.9 Å². The Bertz CT molecular complexity index is 837. The van der Waals surface area contributed by atoms with Crippen LogP contribution in [0.15, 0.2) is 28.8 Å². The predicted molar refractivity (Wildman–Crippen MR) is 106 cm³/mol. The number of nitrogens with zero attached hydrogens (tertiary/aromatic N) is 3. The number of benzene rings is 1. The Kier molecular flexibility index (Phi) is 7.07. The lowest BCUT2D eigenvalue weighted by atomic mass is 10.0. The molecule has 4 rings (SSSR count). The van der Waals surface area contributed by atoms with Crippen molar-refractivity contribution >= 4 is 5.91 Å². The van der Waals surface area contributed by atoms with Gasteiger partial charge in [-0.05, 0) is 42.9 Å². The van der Waals surface area contributed by atoms with Crippen LogP contribution in [0, 0.1) is 11.7 Å². The summed E-state index contributed by atoms with van der Waals surface area (Å²) in [6.07, 6.45) is 3.72. The maximum Gasteiger partial charge on any atom is 0.231 e. The number of hydrogen-bond acceptors (Lipinski definition) is 6. The molecule has 30 heavy (non-hydrogen) atoms. The Morgan fingerprint density at radius 2 is 2.13 bits per heavy atom. The van der Waals surface area contributed by atoms with Crippen molar-refractivity contribution in [3.63, 3.8) is 0 Å². The number of carbonyl (C=O) groups excluding carboxylic acids is 1. The molecule has 7 nitrogen and oxygen atoms in total. The van der Waals surface area contributed by atoms with Gasteiger partial charge in [-0.25, -0.2) is 4.39 Å². The first kappa shape index (κ1) is 20.9. The minimum absolute atomic E-state index is 0.00986. The van der Waals surface area contributed by atoms with E-state index >= 15 is 0 Å². The largest absolute Gasteiger partial charge is 0.381 e. The van der Waals surface area contributed by atoms with Gasteiger partial charge in [-0.2, -0.15) is 4.98 Å². The van der Waals surface area contributed by atoms with Crippen molar-refractivity contribution in [1.82, 2.24) is 15.0 Å². The maximum atomic E-state index is 13.3. The first-order chi connectivity index (χ1) is 14.7. The fourth-order valence-electron chi connectivity index (χ4n) is 3.98. The van der Waals surface area contributed by atoms with E-state index < -0.39 is 0 Å². The second-order valence-corrected chi connectivity index (χ2v) is 8.06. The van der Waals surface area contributed by atoms with Crippen molar-refractivity contribution in [2.45, 2.75) is 38.0 Å². The van der Waals surface area contributed by atoms with Crippen LogP contribution in [0.3, 0.4) is 0 Å². The Morgan fingerprint density at radius 1 is 1.27 bits per heavy atom. The number of carbonyl (C=O) groups is 1. The Labute approximate surface area is 175 Å². The van der Waals surface area contributed by atoms with Gasteiger partial charge in [-0.15, -0.1) is 0 Å². The molecule has 3 heterocycles. The van der Waals surface area contributed by atoms with Crippen molar-refractivity contribution in [3.05, 3.63) is 47.4 Å². The second kappa shape index (κ2) is 10.1. The Hall–Kier alpha value is -2.32. The van der Waals surface area contributed by atoms with Gasteiger partial charge in [0.15, 0.2) is 5.82 Å². The minimum atomic E-state index is -0.324. The molecule has 2 aromatic rings. The van der Waals surface area contributed by atoms with Crippen LogP contribution in [0.4, 0.5) is 4.39 Å². The number of rotatable bonds is 8. The summed E-state index contributed by atoms with van der Waals surface area (Å²) in [6, 6.07) is 6.17. The zero-order chi connectivity index (χ0) is 20.8. The molecule has 0 saturated carbocycles. The second-order valence-electron chi connectivity index (χ2n) is 8.06. The lowest BCUT2D eigenvalue weighted by Gasteiger charge is -2.21. The maximum absolute atomic E-state index is 13.3. The molecule has 8 heteroatoms. The van der Waals surface area contributed by atoms with E-state index in [9.17, 15) is 9.18 Å². The van der Waals surface area contributed by atoms with Crippen molar-refractivity contribution in [2.75, 3.05) is 39.5 Å². The minimum Gasteiger partial charge on any atom is -0.381 e. The van der Waals surface area contributed by atoms with Gasteiger partial charge in [-0.1, -0.05) is 17.3 Å². The van der Waals surface area contributed by atoms with E-state index in [4.69, 9.17) is 14.0 Å². The van der Waals surface area contributed by atoms with Gasteiger partial charge >= 0.3 is 0 Å². The summed E-state index contributed by atoms with van der Waals surface area (Å²) in [5.74, 6) is 1.51. The van der Waals surface area contributed by atoms with Crippen LogP contribution in [0.1, 0.15) is 42.5 Å². The van der Waals surface area contributed by atoms with E-state index in [-0.39, 0.29) is 24.1 Å².